The first-order chi connectivity index (χ1) is 16.9. The van der Waals surface area contributed by atoms with Crippen LogP contribution in [-0.4, -0.2) is 39.0 Å². The average Bonchev–Trinajstić information content (AvgIpc) is 2.80. The van der Waals surface area contributed by atoms with Crippen LogP contribution in [0, 0.1) is 0 Å². The third-order valence-electron chi connectivity index (χ3n) is 4.75. The molecule has 0 spiro atoms. The third kappa shape index (κ3) is 6.43. The lowest BCUT2D eigenvalue weighted by atomic mass is 10.2. The molecule has 1 amide bonds. The van der Waals surface area contributed by atoms with Crippen LogP contribution in [-0.2, 0) is 38.6 Å². The van der Waals surface area contributed by atoms with Gasteiger partial charge in [0, 0.05) is 12.5 Å². The molecule has 1 N–H and O–H groups in total. The van der Waals surface area contributed by atoms with Crippen molar-refractivity contribution in [3.63, 3.8) is 0 Å². The van der Waals surface area contributed by atoms with Crippen LogP contribution in [0.1, 0.15) is 27.3 Å². The van der Waals surface area contributed by atoms with E-state index in [1.807, 2.05) is 0 Å². The predicted molar refractivity (Wildman–Crippen MR) is 115 cm³/mol. The average molecular weight is 567 g/mol. The Morgan fingerprint density at radius 2 is 1.54 bits per heavy atom. The minimum atomic E-state index is -4.97. The lowest BCUT2D eigenvalue weighted by Gasteiger charge is -2.12. The largest absolute Gasteiger partial charge is 0.433 e. The summed E-state index contributed by atoms with van der Waals surface area (Å²) in [6.45, 7) is -0.505. The molecule has 0 unspecified atom stereocenters. The molecule has 198 valence electrons. The van der Waals surface area contributed by atoms with Crippen molar-refractivity contribution in [3.8, 4) is 0 Å². The molecule has 0 radical (unpaired) electrons. The molecule has 0 atom stereocenters. The summed E-state index contributed by atoms with van der Waals surface area (Å²) < 4.78 is 127. The first-order valence-corrected chi connectivity index (χ1v) is 13.2. The highest BCUT2D eigenvalue weighted by Crippen LogP contribution is 2.32. The third-order valence-corrected chi connectivity index (χ3v) is 7.51. The number of halogens is 6. The summed E-state index contributed by atoms with van der Waals surface area (Å²) >= 11 is 0. The summed E-state index contributed by atoms with van der Waals surface area (Å²) in [7, 11) is -8.79. The molecule has 0 saturated heterocycles. The van der Waals surface area contributed by atoms with Gasteiger partial charge >= 0.3 is 12.4 Å². The van der Waals surface area contributed by atoms with Gasteiger partial charge in [0.05, 0.1) is 33.2 Å². The number of carbonyl (C=O) groups excluding carboxylic acids is 1. The Morgan fingerprint density at radius 3 is 2.14 bits per heavy atom. The summed E-state index contributed by atoms with van der Waals surface area (Å²) in [5.74, 6) is -1.14. The highest BCUT2D eigenvalue weighted by atomic mass is 32.2. The van der Waals surface area contributed by atoms with Gasteiger partial charge in [0.1, 0.15) is 5.69 Å². The van der Waals surface area contributed by atoms with Crippen molar-refractivity contribution in [1.82, 2.24) is 15.3 Å². The number of carbonyl (C=O) groups is 1. The van der Waals surface area contributed by atoms with E-state index in [0.717, 1.165) is 30.5 Å². The van der Waals surface area contributed by atoms with E-state index >= 15 is 0 Å². The second-order valence-electron chi connectivity index (χ2n) is 7.51. The Bertz CT molecular complexity index is 1570. The summed E-state index contributed by atoms with van der Waals surface area (Å²) in [4.78, 5) is 18.3. The molecule has 2 heterocycles. The van der Waals surface area contributed by atoms with Crippen LogP contribution in [0.25, 0.3) is 0 Å². The molecule has 16 heteroatoms. The number of sulfone groups is 2. The lowest BCUT2D eigenvalue weighted by molar-refractivity contribution is -0.141. The van der Waals surface area contributed by atoms with Crippen LogP contribution in [0.4, 0.5) is 26.3 Å². The van der Waals surface area contributed by atoms with Crippen molar-refractivity contribution >= 4 is 25.6 Å². The van der Waals surface area contributed by atoms with Crippen molar-refractivity contribution in [2.75, 3.05) is 6.26 Å². The van der Waals surface area contributed by atoms with Crippen molar-refractivity contribution in [2.24, 2.45) is 0 Å². The maximum atomic E-state index is 13.0. The second-order valence-corrected chi connectivity index (χ2v) is 11.4. The van der Waals surface area contributed by atoms with E-state index in [2.05, 4.69) is 15.3 Å². The maximum absolute atomic E-state index is 13.0. The van der Waals surface area contributed by atoms with E-state index < -0.39 is 76.1 Å². The zero-order chi connectivity index (χ0) is 27.8. The Labute approximate surface area is 206 Å². The number of nitrogens with one attached hydrogen (secondary N) is 1. The molecule has 0 aliphatic rings. The molecular weight excluding hydrogens is 552 g/mol. The predicted octanol–water partition coefficient (Wildman–Crippen LogP) is 3.68. The standard InChI is InChI=1S/C21H15F6N3O5S2/c1-36(32,33)19-16(5-6-17(30-19)21(25,26)27)18(31)29-11-13-10-15(7-8-28-13)37(34,35)14-4-2-3-12(9-14)20(22,23)24/h2-10H,11H2,1H3,(H,29,31). The Morgan fingerprint density at radius 1 is 0.892 bits per heavy atom. The van der Waals surface area contributed by atoms with Crippen LogP contribution in [0.3, 0.4) is 0 Å². The van der Waals surface area contributed by atoms with Crippen LogP contribution < -0.4 is 5.32 Å². The van der Waals surface area contributed by atoms with E-state index in [0.29, 0.717) is 30.5 Å². The number of aromatic nitrogens is 2. The molecule has 0 fully saturated rings. The number of pyridine rings is 2. The van der Waals surface area contributed by atoms with Gasteiger partial charge in [-0.2, -0.15) is 26.3 Å². The zero-order valence-electron chi connectivity index (χ0n) is 18.4. The van der Waals surface area contributed by atoms with E-state index in [1.165, 1.54) is 0 Å². The van der Waals surface area contributed by atoms with Crippen molar-refractivity contribution in [2.45, 2.75) is 33.7 Å². The molecule has 2 aromatic heterocycles. The number of amides is 1. The van der Waals surface area contributed by atoms with Gasteiger partial charge in [-0.1, -0.05) is 6.07 Å². The normalized spacial score (nSPS) is 12.8. The number of alkyl halides is 6. The fourth-order valence-corrected chi connectivity index (χ4v) is 5.18. The van der Waals surface area contributed by atoms with Crippen LogP contribution in [0.2, 0.25) is 0 Å². The molecule has 0 saturated carbocycles. The SMILES string of the molecule is CS(=O)(=O)c1nc(C(F)(F)F)ccc1C(=O)NCc1cc(S(=O)(=O)c2cccc(C(F)(F)F)c2)ccn1. The second kappa shape index (κ2) is 9.74. The highest BCUT2D eigenvalue weighted by molar-refractivity contribution is 7.91. The van der Waals surface area contributed by atoms with Gasteiger partial charge < -0.3 is 5.32 Å². The molecular formula is C21H15F6N3O5S2. The van der Waals surface area contributed by atoms with Gasteiger partial charge in [0.25, 0.3) is 5.91 Å². The van der Waals surface area contributed by atoms with Crippen molar-refractivity contribution < 1.29 is 48.0 Å². The van der Waals surface area contributed by atoms with Gasteiger partial charge in [-0.05, 0) is 42.5 Å². The highest BCUT2D eigenvalue weighted by Gasteiger charge is 2.35. The molecule has 3 rings (SSSR count). The van der Waals surface area contributed by atoms with Gasteiger partial charge in [0.15, 0.2) is 14.9 Å². The van der Waals surface area contributed by atoms with Gasteiger partial charge in [-0.25, -0.2) is 21.8 Å². The molecule has 37 heavy (non-hydrogen) atoms. The Hall–Kier alpha value is -3.53. The molecule has 1 aromatic carbocycles. The molecule has 3 aromatic rings. The van der Waals surface area contributed by atoms with E-state index in [-0.39, 0.29) is 5.69 Å². The van der Waals surface area contributed by atoms with Gasteiger partial charge in [0.2, 0.25) is 9.84 Å². The molecule has 0 bridgehead atoms. The van der Waals surface area contributed by atoms with Crippen LogP contribution >= 0.6 is 0 Å². The molecule has 0 aliphatic carbocycles. The number of rotatable bonds is 6. The fourth-order valence-electron chi connectivity index (χ4n) is 3.02. The monoisotopic (exact) mass is 567 g/mol. The summed E-state index contributed by atoms with van der Waals surface area (Å²) in [5, 5.41) is 1.09. The minimum Gasteiger partial charge on any atom is -0.346 e. The number of nitrogens with zero attached hydrogens (tertiary/aromatic N) is 2. The summed E-state index contributed by atoms with van der Waals surface area (Å²) in [5.41, 5.74) is -3.49. The smallest absolute Gasteiger partial charge is 0.346 e. The Balaban J connectivity index is 1.87. The van der Waals surface area contributed by atoms with E-state index in [1.54, 1.807) is 0 Å². The van der Waals surface area contributed by atoms with E-state index in [9.17, 15) is 48.0 Å². The first kappa shape index (κ1) is 28.0. The van der Waals surface area contributed by atoms with Crippen molar-refractivity contribution in [1.29, 1.82) is 0 Å². The van der Waals surface area contributed by atoms with Crippen molar-refractivity contribution in [3.05, 3.63) is 77.2 Å². The molecule has 0 aliphatic heterocycles. The topological polar surface area (TPSA) is 123 Å². The Kier molecular flexibility index (Phi) is 7.38. The number of hydrogen-bond acceptors (Lipinski definition) is 7. The van der Waals surface area contributed by atoms with Crippen LogP contribution in [0.5, 0.6) is 0 Å². The van der Waals surface area contributed by atoms with Gasteiger partial charge in [-0.15, -0.1) is 0 Å². The first-order valence-electron chi connectivity index (χ1n) is 9.84. The fraction of sp³-hybridized carbons (Fsp3) is 0.190. The quantitative estimate of drug-likeness (QED) is 0.451. The maximum Gasteiger partial charge on any atom is 0.433 e. The van der Waals surface area contributed by atoms with Gasteiger partial charge in [-0.3, -0.25) is 9.78 Å². The summed E-state index contributed by atoms with van der Waals surface area (Å²) in [6.07, 6.45) is -8.17. The number of benzene rings is 1. The van der Waals surface area contributed by atoms with Crippen LogP contribution in [0.15, 0.2) is 69.5 Å². The summed E-state index contributed by atoms with van der Waals surface area (Å²) in [6, 6.07) is 6.09. The van der Waals surface area contributed by atoms with E-state index in [4.69, 9.17) is 0 Å². The molecule has 8 nitrogen and oxygen atoms in total. The zero-order valence-corrected chi connectivity index (χ0v) is 20.1. The number of hydrogen-bond donors (Lipinski definition) is 1. The lowest BCUT2D eigenvalue weighted by Crippen LogP contribution is -2.26. The minimum absolute atomic E-state index is 0.0952.